The van der Waals surface area contributed by atoms with Crippen LogP contribution in [-0.4, -0.2) is 37.1 Å². The van der Waals surface area contributed by atoms with Crippen LogP contribution in [0.2, 0.25) is 0 Å². The number of nitrogens with one attached hydrogen (secondary N) is 1. The van der Waals surface area contributed by atoms with Crippen molar-refractivity contribution in [2.75, 3.05) is 26.2 Å². The first-order valence-corrected chi connectivity index (χ1v) is 6.07. The van der Waals surface area contributed by atoms with E-state index in [0.717, 1.165) is 6.54 Å². The summed E-state index contributed by atoms with van der Waals surface area (Å²) in [6.45, 7) is 5.05. The van der Waals surface area contributed by atoms with Crippen molar-refractivity contribution in [3.63, 3.8) is 0 Å². The van der Waals surface area contributed by atoms with Crippen molar-refractivity contribution in [3.8, 4) is 0 Å². The van der Waals surface area contributed by atoms with Gasteiger partial charge in [0.1, 0.15) is 0 Å². The molecule has 1 N–H and O–H groups in total. The zero-order chi connectivity index (χ0) is 9.64. The van der Waals surface area contributed by atoms with E-state index >= 15 is 0 Å². The van der Waals surface area contributed by atoms with Crippen molar-refractivity contribution in [3.05, 3.63) is 12.2 Å². The molecule has 1 unspecified atom stereocenters. The van der Waals surface area contributed by atoms with Gasteiger partial charge in [0.25, 0.3) is 0 Å². The van der Waals surface area contributed by atoms with E-state index in [4.69, 9.17) is 0 Å². The molecule has 1 aliphatic carbocycles. The third-order valence-electron chi connectivity index (χ3n) is 3.29. The molecule has 14 heavy (non-hydrogen) atoms. The van der Waals surface area contributed by atoms with E-state index in [-0.39, 0.29) is 0 Å². The zero-order valence-electron chi connectivity index (χ0n) is 9.04. The molecule has 1 saturated heterocycles. The molecular formula is C12H22N2. The molecule has 1 aliphatic heterocycles. The Kier molecular flexibility index (Phi) is 4.02. The van der Waals surface area contributed by atoms with Crippen molar-refractivity contribution >= 4 is 0 Å². The Labute approximate surface area is 87.4 Å². The fourth-order valence-corrected chi connectivity index (χ4v) is 2.40. The second-order valence-corrected chi connectivity index (χ2v) is 4.47. The molecule has 1 fully saturated rings. The van der Waals surface area contributed by atoms with E-state index in [0.29, 0.717) is 6.04 Å². The molecule has 1 atom stereocenters. The van der Waals surface area contributed by atoms with Crippen LogP contribution in [-0.2, 0) is 0 Å². The molecule has 2 heteroatoms. The highest BCUT2D eigenvalue weighted by Gasteiger charge is 2.11. The van der Waals surface area contributed by atoms with Crippen molar-refractivity contribution in [2.24, 2.45) is 0 Å². The lowest BCUT2D eigenvalue weighted by atomic mass is 10.0. The van der Waals surface area contributed by atoms with Crippen LogP contribution in [0.1, 0.15) is 32.1 Å². The summed E-state index contributed by atoms with van der Waals surface area (Å²) in [5.41, 5.74) is 0. The summed E-state index contributed by atoms with van der Waals surface area (Å²) < 4.78 is 0. The molecule has 2 aliphatic rings. The van der Waals surface area contributed by atoms with Crippen molar-refractivity contribution in [2.45, 2.75) is 38.1 Å². The van der Waals surface area contributed by atoms with Crippen LogP contribution >= 0.6 is 0 Å². The highest BCUT2D eigenvalue weighted by molar-refractivity contribution is 4.97. The fraction of sp³-hybridized carbons (Fsp3) is 0.833. The zero-order valence-corrected chi connectivity index (χ0v) is 9.04. The van der Waals surface area contributed by atoms with Gasteiger partial charge in [-0.3, -0.25) is 0 Å². The van der Waals surface area contributed by atoms with Crippen LogP contribution in [0, 0.1) is 0 Å². The number of hydrogen-bond donors (Lipinski definition) is 1. The van der Waals surface area contributed by atoms with Gasteiger partial charge in [-0.2, -0.15) is 0 Å². The van der Waals surface area contributed by atoms with E-state index in [9.17, 15) is 0 Å². The number of allylic oxidation sites excluding steroid dienone is 1. The maximum Gasteiger partial charge on any atom is 0.0250 e. The Bertz CT molecular complexity index is 183. The molecular weight excluding hydrogens is 172 g/mol. The smallest absolute Gasteiger partial charge is 0.0250 e. The predicted octanol–water partition coefficient (Wildman–Crippen LogP) is 1.78. The molecule has 2 rings (SSSR count). The number of hydrogen-bond acceptors (Lipinski definition) is 2. The molecule has 1 heterocycles. The van der Waals surface area contributed by atoms with Gasteiger partial charge in [0.15, 0.2) is 0 Å². The monoisotopic (exact) mass is 194 g/mol. The second-order valence-electron chi connectivity index (χ2n) is 4.47. The van der Waals surface area contributed by atoms with E-state index < -0.39 is 0 Å². The van der Waals surface area contributed by atoms with Crippen molar-refractivity contribution < 1.29 is 0 Å². The topological polar surface area (TPSA) is 15.3 Å². The van der Waals surface area contributed by atoms with Gasteiger partial charge in [0, 0.05) is 19.1 Å². The van der Waals surface area contributed by atoms with Crippen LogP contribution in [0.15, 0.2) is 12.2 Å². The van der Waals surface area contributed by atoms with E-state index in [1.807, 2.05) is 0 Å². The van der Waals surface area contributed by atoms with Crippen LogP contribution in [0.4, 0.5) is 0 Å². The maximum absolute atomic E-state index is 3.62. The summed E-state index contributed by atoms with van der Waals surface area (Å²) in [6.07, 6.45) is 11.4. The first kappa shape index (κ1) is 10.2. The van der Waals surface area contributed by atoms with Crippen molar-refractivity contribution in [1.29, 1.82) is 0 Å². The summed E-state index contributed by atoms with van der Waals surface area (Å²) in [4.78, 5) is 2.57. The predicted molar refractivity (Wildman–Crippen MR) is 60.5 cm³/mol. The van der Waals surface area contributed by atoms with E-state index in [1.165, 1.54) is 51.7 Å². The minimum absolute atomic E-state index is 0.659. The van der Waals surface area contributed by atoms with Gasteiger partial charge in [-0.15, -0.1) is 0 Å². The highest BCUT2D eigenvalue weighted by atomic mass is 15.2. The molecule has 0 saturated carbocycles. The largest absolute Gasteiger partial charge is 0.309 e. The van der Waals surface area contributed by atoms with Crippen LogP contribution < -0.4 is 5.32 Å². The molecule has 0 aromatic carbocycles. The molecule has 80 valence electrons. The standard InChI is InChI=1S/C12H22N2/c1-2-6-12(7-3-1)13-8-11-14-9-4-5-10-14/h2,6,12-13H,1,3-5,7-11H2. The quantitative estimate of drug-likeness (QED) is 0.686. The van der Waals surface area contributed by atoms with Gasteiger partial charge >= 0.3 is 0 Å². The lowest BCUT2D eigenvalue weighted by molar-refractivity contribution is 0.329. The lowest BCUT2D eigenvalue weighted by Gasteiger charge is -2.20. The summed E-state index contributed by atoms with van der Waals surface area (Å²) >= 11 is 0. The molecule has 0 aromatic heterocycles. The van der Waals surface area contributed by atoms with E-state index in [1.54, 1.807) is 0 Å². The van der Waals surface area contributed by atoms with Gasteiger partial charge in [-0.1, -0.05) is 12.2 Å². The van der Waals surface area contributed by atoms with Gasteiger partial charge in [-0.25, -0.2) is 0 Å². The Hall–Kier alpha value is -0.340. The molecule has 2 nitrogen and oxygen atoms in total. The summed E-state index contributed by atoms with van der Waals surface area (Å²) in [5.74, 6) is 0. The average molecular weight is 194 g/mol. The Morgan fingerprint density at radius 1 is 1.21 bits per heavy atom. The SMILES string of the molecule is C1=CC(NCCN2CCCC2)CCC1. The van der Waals surface area contributed by atoms with Crippen molar-refractivity contribution in [1.82, 2.24) is 10.2 Å². The van der Waals surface area contributed by atoms with E-state index in [2.05, 4.69) is 22.4 Å². The third kappa shape index (κ3) is 3.10. The van der Waals surface area contributed by atoms with Gasteiger partial charge < -0.3 is 10.2 Å². The highest BCUT2D eigenvalue weighted by Crippen LogP contribution is 2.10. The molecule has 0 spiro atoms. The van der Waals surface area contributed by atoms with Gasteiger partial charge in [-0.05, 0) is 45.2 Å². The molecule has 0 radical (unpaired) electrons. The Morgan fingerprint density at radius 3 is 2.79 bits per heavy atom. The fourth-order valence-electron chi connectivity index (χ4n) is 2.40. The number of likely N-dealkylation sites (tertiary alicyclic amines) is 1. The first-order valence-electron chi connectivity index (χ1n) is 6.07. The van der Waals surface area contributed by atoms with Gasteiger partial charge in [0.2, 0.25) is 0 Å². The average Bonchev–Trinajstić information content (AvgIpc) is 2.72. The number of rotatable bonds is 4. The minimum atomic E-state index is 0.659. The lowest BCUT2D eigenvalue weighted by Crippen LogP contribution is -2.35. The Balaban J connectivity index is 1.57. The van der Waals surface area contributed by atoms with Gasteiger partial charge in [0.05, 0.1) is 0 Å². The van der Waals surface area contributed by atoms with Crippen LogP contribution in [0.3, 0.4) is 0 Å². The third-order valence-corrected chi connectivity index (χ3v) is 3.29. The Morgan fingerprint density at radius 2 is 2.07 bits per heavy atom. The van der Waals surface area contributed by atoms with Crippen LogP contribution in [0.5, 0.6) is 0 Å². The maximum atomic E-state index is 3.62. The second kappa shape index (κ2) is 5.52. The summed E-state index contributed by atoms with van der Waals surface area (Å²) in [5, 5.41) is 3.62. The van der Waals surface area contributed by atoms with Crippen LogP contribution in [0.25, 0.3) is 0 Å². The molecule has 0 amide bonds. The first-order chi connectivity index (χ1) is 6.95. The summed E-state index contributed by atoms with van der Waals surface area (Å²) in [6, 6.07) is 0.659. The molecule has 0 bridgehead atoms. The molecule has 0 aromatic rings. The normalized spacial score (nSPS) is 28.4. The summed E-state index contributed by atoms with van der Waals surface area (Å²) in [7, 11) is 0. The number of nitrogens with zero attached hydrogens (tertiary/aromatic N) is 1. The minimum Gasteiger partial charge on any atom is -0.309 e.